The molecule has 0 aromatic rings. The van der Waals surface area contributed by atoms with Crippen molar-refractivity contribution in [1.82, 2.24) is 0 Å². The molecule has 0 aromatic heterocycles. The molecule has 0 aliphatic heterocycles. The summed E-state index contributed by atoms with van der Waals surface area (Å²) in [7, 11) is 0. The van der Waals surface area contributed by atoms with Gasteiger partial charge in [0.15, 0.2) is 5.78 Å². The van der Waals surface area contributed by atoms with Crippen molar-refractivity contribution in [3.63, 3.8) is 0 Å². The van der Waals surface area contributed by atoms with Gasteiger partial charge in [0, 0.05) is 0 Å². The Morgan fingerprint density at radius 3 is 1.21 bits per heavy atom. The second-order valence-corrected chi connectivity index (χ2v) is 6.31. The predicted molar refractivity (Wildman–Crippen MR) is 67.0 cm³/mol. The van der Waals surface area contributed by atoms with Gasteiger partial charge in [0.1, 0.15) is 0 Å². The van der Waals surface area contributed by atoms with Gasteiger partial charge in [-0.3, -0.25) is 9.59 Å². The van der Waals surface area contributed by atoms with E-state index >= 15 is 0 Å². The number of ketones is 2. The second kappa shape index (κ2) is 8.40. The lowest BCUT2D eigenvalue weighted by atomic mass is 9.83. The van der Waals surface area contributed by atoms with E-state index in [1.807, 2.05) is 0 Å². The van der Waals surface area contributed by atoms with E-state index in [-0.39, 0.29) is 0 Å². The van der Waals surface area contributed by atoms with E-state index in [2.05, 4.69) is 0 Å². The van der Waals surface area contributed by atoms with Crippen molar-refractivity contribution in [3.05, 3.63) is 0 Å². The van der Waals surface area contributed by atoms with E-state index in [0.717, 1.165) is 0 Å². The van der Waals surface area contributed by atoms with E-state index < -0.39 is 78.6 Å². The smallest absolute Gasteiger partial charge is 0.392 e. The Balaban J connectivity index is 6.45. The number of carbonyl (C=O) groups excluding carboxylic acids is 2. The molecule has 0 heterocycles. The monoisotopic (exact) mass is 534 g/mol. The van der Waals surface area contributed by atoms with Crippen LogP contribution in [-0.2, 0) is 9.59 Å². The lowest BCUT2D eigenvalue weighted by molar-refractivity contribution is -0.346. The van der Waals surface area contributed by atoms with Crippen LogP contribution in [0.5, 0.6) is 0 Å². The Morgan fingerprint density at radius 2 is 0.939 bits per heavy atom. The maximum Gasteiger partial charge on any atom is 0.460 e. The minimum absolute atomic E-state index is 3.05. The molecule has 0 rings (SSSR count). The summed E-state index contributed by atoms with van der Waals surface area (Å²) in [6.45, 7) is -3.05. The number of alkyl halides is 17. The van der Waals surface area contributed by atoms with Crippen molar-refractivity contribution < 1.29 is 89.3 Å². The zero-order valence-corrected chi connectivity index (χ0v) is 14.8. The van der Waals surface area contributed by atoms with Crippen LogP contribution in [0.15, 0.2) is 0 Å². The van der Waals surface area contributed by atoms with Crippen molar-refractivity contribution in [2.45, 2.75) is 60.5 Å². The van der Waals surface area contributed by atoms with Crippen LogP contribution in [-0.4, -0.2) is 70.9 Å². The summed E-state index contributed by atoms with van der Waals surface area (Å²) in [5, 5.41) is 8.25. The first-order valence-electron chi connectivity index (χ1n) is 7.45. The molecule has 0 spiro atoms. The van der Waals surface area contributed by atoms with Crippen LogP contribution in [0, 0.1) is 0 Å². The van der Waals surface area contributed by atoms with Crippen molar-refractivity contribution >= 4 is 11.6 Å². The largest absolute Gasteiger partial charge is 0.460 e. The molecule has 0 unspecified atom stereocenters. The van der Waals surface area contributed by atoms with Crippen molar-refractivity contribution in [2.75, 3.05) is 6.61 Å². The zero-order chi connectivity index (χ0) is 27.3. The zero-order valence-electron chi connectivity index (χ0n) is 14.8. The predicted octanol–water partition coefficient (Wildman–Crippen LogP) is 4.91. The van der Waals surface area contributed by atoms with E-state index in [9.17, 15) is 84.2 Å². The van der Waals surface area contributed by atoms with Gasteiger partial charge >= 0.3 is 30.4 Å². The fraction of sp³-hybridized carbons (Fsp3) is 0.846. The summed E-state index contributed by atoms with van der Waals surface area (Å²) in [6, 6.07) is 0. The van der Waals surface area contributed by atoms with Crippen LogP contribution >= 0.6 is 0 Å². The number of halogens is 17. The average molecular weight is 534 g/mol. The van der Waals surface area contributed by atoms with Gasteiger partial charge in [0.05, 0.1) is 19.4 Å². The number of hydrogen-bond acceptors (Lipinski definition) is 3. The Bertz CT molecular complexity index is 749. The fourth-order valence-corrected chi connectivity index (χ4v) is 1.94. The summed E-state index contributed by atoms with van der Waals surface area (Å²) in [5.41, 5.74) is -12.7. The van der Waals surface area contributed by atoms with E-state index in [1.54, 1.807) is 0 Å². The Labute approximate surface area is 169 Å². The molecule has 0 bridgehead atoms. The lowest BCUT2D eigenvalue weighted by Gasteiger charge is -2.37. The minimum Gasteiger partial charge on any atom is -0.392 e. The Morgan fingerprint density at radius 1 is 0.545 bits per heavy atom. The first-order valence-corrected chi connectivity index (χ1v) is 7.45. The molecule has 33 heavy (non-hydrogen) atoms. The highest BCUT2D eigenvalue weighted by atomic mass is 19.4. The average Bonchev–Trinajstić information content (AvgIpc) is 2.56. The third-order valence-corrected chi connectivity index (χ3v) is 4.03. The number of rotatable bonds is 9. The topological polar surface area (TPSA) is 54.4 Å². The van der Waals surface area contributed by atoms with Gasteiger partial charge in [-0.05, 0) is 0 Å². The highest BCUT2D eigenvalue weighted by molar-refractivity contribution is 5.90. The van der Waals surface area contributed by atoms with Crippen molar-refractivity contribution in [3.8, 4) is 0 Å². The van der Waals surface area contributed by atoms with Gasteiger partial charge in [0.2, 0.25) is 5.78 Å². The first-order chi connectivity index (χ1) is 14.1. The number of aliphatic hydroxyl groups is 1. The first kappa shape index (κ1) is 31.1. The highest BCUT2D eigenvalue weighted by Gasteiger charge is 2.79. The third kappa shape index (κ3) is 5.13. The summed E-state index contributed by atoms with van der Waals surface area (Å²) in [6.07, 6.45) is -29.5. The molecule has 0 saturated carbocycles. The molecule has 1 N–H and O–H groups in total. The summed E-state index contributed by atoms with van der Waals surface area (Å²) in [5.74, 6) is -29.8. The molecule has 2 atom stereocenters. The number of carbonyl (C=O) groups is 2. The number of aliphatic hydroxyl groups excluding tert-OH is 1. The van der Waals surface area contributed by atoms with Gasteiger partial charge in [-0.15, -0.1) is 0 Å². The minimum atomic E-state index is -7.53. The third-order valence-electron chi connectivity index (χ3n) is 4.03. The van der Waals surface area contributed by atoms with E-state index in [4.69, 9.17) is 5.11 Å². The molecule has 0 aliphatic carbocycles. The quantitative estimate of drug-likeness (QED) is 0.429. The fourth-order valence-electron chi connectivity index (χ4n) is 1.94. The van der Waals surface area contributed by atoms with Crippen LogP contribution in [0.4, 0.5) is 74.6 Å². The summed E-state index contributed by atoms with van der Waals surface area (Å²) in [4.78, 5) is 22.1. The van der Waals surface area contributed by atoms with Crippen LogP contribution in [0.2, 0.25) is 0 Å². The maximum atomic E-state index is 14.1. The van der Waals surface area contributed by atoms with Crippen LogP contribution in [0.1, 0.15) is 12.8 Å². The molecule has 196 valence electrons. The summed E-state index contributed by atoms with van der Waals surface area (Å²) >= 11 is 0. The number of Topliss-reactive ketones (excluding diaryl/α,β-unsaturated/α-hetero) is 2. The molecular formula is C13H7F17O3. The van der Waals surface area contributed by atoms with Crippen molar-refractivity contribution in [2.24, 2.45) is 0 Å². The van der Waals surface area contributed by atoms with Gasteiger partial charge < -0.3 is 5.11 Å². The van der Waals surface area contributed by atoms with E-state index in [0.29, 0.717) is 0 Å². The normalized spacial score (nSPS) is 18.5. The SMILES string of the molecule is O=C(C[C@@](F)(C(F)(F)F)C(F)(F)CC(=O)[C@@](F)(CO)C(F)(F)F)C(F)(F)C(F)(F)C(F)(F)F. The van der Waals surface area contributed by atoms with Gasteiger partial charge in [0.25, 0.3) is 17.3 Å². The second-order valence-electron chi connectivity index (χ2n) is 6.31. The number of hydrogen-bond donors (Lipinski definition) is 1. The molecule has 0 aromatic carbocycles. The summed E-state index contributed by atoms with van der Waals surface area (Å²) < 4.78 is 219. The maximum absolute atomic E-state index is 14.1. The van der Waals surface area contributed by atoms with Crippen molar-refractivity contribution in [1.29, 1.82) is 0 Å². The van der Waals surface area contributed by atoms with Crippen LogP contribution < -0.4 is 0 Å². The van der Waals surface area contributed by atoms with Crippen LogP contribution in [0.25, 0.3) is 0 Å². The Kier molecular flexibility index (Phi) is 7.92. The molecule has 20 heteroatoms. The molecule has 0 fully saturated rings. The molecule has 0 saturated heterocycles. The van der Waals surface area contributed by atoms with E-state index in [1.165, 1.54) is 0 Å². The molecule has 0 amide bonds. The van der Waals surface area contributed by atoms with Gasteiger partial charge in [-0.25, -0.2) is 17.6 Å². The Hall–Kier alpha value is -1.89. The highest BCUT2D eigenvalue weighted by Crippen LogP contribution is 2.54. The molecule has 0 radical (unpaired) electrons. The van der Waals surface area contributed by atoms with Crippen LogP contribution in [0.3, 0.4) is 0 Å². The molecule has 0 aliphatic rings. The molecular weight excluding hydrogens is 527 g/mol. The van der Waals surface area contributed by atoms with Gasteiger partial charge in [-0.1, -0.05) is 0 Å². The molecule has 3 nitrogen and oxygen atoms in total. The lowest BCUT2D eigenvalue weighted by Crippen LogP contribution is -2.63. The van der Waals surface area contributed by atoms with Gasteiger partial charge in [-0.2, -0.15) is 57.1 Å². The standard InChI is InChI=1S/C13H7F17O3/c14-6(3-31,11(22,23)24)4(32)2-8(16,17)7(15,12(25,26)27)1-5(33)9(18,19)10(20,21)13(28,29)30/h31H,1-3H2/t6-,7-/m0/s1.